The molecule has 1 heterocycles. The monoisotopic (exact) mass is 334 g/mol. The third kappa shape index (κ3) is 6.76. The average Bonchev–Trinajstić information content (AvgIpc) is 2.60. The summed E-state index contributed by atoms with van der Waals surface area (Å²) in [4.78, 5) is 6.77. The Bertz CT molecular complexity index is 515. The Labute approximate surface area is 145 Å². The molecule has 134 valence electrons. The molecule has 0 bridgehead atoms. The van der Waals surface area contributed by atoms with Crippen LogP contribution in [-0.4, -0.2) is 62.9 Å². The number of rotatable bonds is 8. The van der Waals surface area contributed by atoms with Gasteiger partial charge in [0, 0.05) is 19.6 Å². The maximum Gasteiger partial charge on any atom is 0.188 e. The van der Waals surface area contributed by atoms with Crippen molar-refractivity contribution in [2.45, 2.75) is 26.4 Å². The highest BCUT2D eigenvalue weighted by Gasteiger charge is 2.09. The highest BCUT2D eigenvalue weighted by molar-refractivity contribution is 5.77. The molecule has 0 aliphatic carbocycles. The lowest BCUT2D eigenvalue weighted by Gasteiger charge is -2.26. The van der Waals surface area contributed by atoms with Crippen molar-refractivity contribution >= 4 is 5.96 Å². The Hall–Kier alpha value is -1.79. The van der Waals surface area contributed by atoms with Gasteiger partial charge in [-0.05, 0) is 38.4 Å². The van der Waals surface area contributed by atoms with Gasteiger partial charge in [-0.2, -0.15) is 0 Å². The molecule has 0 spiro atoms. The number of aryl methyl sites for hydroxylation is 1. The number of ether oxygens (including phenoxy) is 2. The first-order valence-corrected chi connectivity index (χ1v) is 8.71. The summed E-state index contributed by atoms with van der Waals surface area (Å²) in [5, 5.41) is 3.17. The number of benzene rings is 1. The van der Waals surface area contributed by atoms with Gasteiger partial charge in [0.2, 0.25) is 0 Å². The van der Waals surface area contributed by atoms with Crippen molar-refractivity contribution in [1.82, 2.24) is 10.2 Å². The van der Waals surface area contributed by atoms with E-state index in [0.29, 0.717) is 12.5 Å². The Kier molecular flexibility index (Phi) is 7.85. The first-order chi connectivity index (χ1) is 11.6. The number of nitrogens with zero attached hydrogens (tertiary/aromatic N) is 2. The van der Waals surface area contributed by atoms with Crippen LogP contribution in [0.4, 0.5) is 0 Å². The number of morpholine rings is 1. The second kappa shape index (κ2) is 10.2. The Morgan fingerprint density at radius 2 is 2.12 bits per heavy atom. The lowest BCUT2D eigenvalue weighted by Crippen LogP contribution is -2.39. The van der Waals surface area contributed by atoms with Crippen molar-refractivity contribution in [1.29, 1.82) is 0 Å². The Morgan fingerprint density at radius 1 is 1.38 bits per heavy atom. The zero-order valence-corrected chi connectivity index (χ0v) is 14.8. The molecule has 1 saturated heterocycles. The molecule has 3 N–H and O–H groups in total. The second-order valence-electron chi connectivity index (χ2n) is 6.15. The van der Waals surface area contributed by atoms with Crippen LogP contribution >= 0.6 is 0 Å². The summed E-state index contributed by atoms with van der Waals surface area (Å²) in [6.07, 6.45) is 1.03. The van der Waals surface area contributed by atoms with E-state index < -0.39 is 0 Å². The van der Waals surface area contributed by atoms with Gasteiger partial charge >= 0.3 is 0 Å². The molecule has 1 aromatic carbocycles. The average molecular weight is 334 g/mol. The van der Waals surface area contributed by atoms with Gasteiger partial charge in [0.05, 0.1) is 19.8 Å². The van der Waals surface area contributed by atoms with Crippen LogP contribution < -0.4 is 15.8 Å². The van der Waals surface area contributed by atoms with Crippen molar-refractivity contribution in [2.24, 2.45) is 10.7 Å². The second-order valence-corrected chi connectivity index (χ2v) is 6.15. The van der Waals surface area contributed by atoms with Gasteiger partial charge in [0.15, 0.2) is 5.96 Å². The van der Waals surface area contributed by atoms with E-state index in [2.05, 4.69) is 15.2 Å². The topological polar surface area (TPSA) is 72.1 Å². The van der Waals surface area contributed by atoms with Gasteiger partial charge in [0.1, 0.15) is 11.9 Å². The van der Waals surface area contributed by atoms with Crippen molar-refractivity contribution < 1.29 is 9.47 Å². The van der Waals surface area contributed by atoms with Gasteiger partial charge in [-0.15, -0.1) is 0 Å². The van der Waals surface area contributed by atoms with Crippen LogP contribution in [0.3, 0.4) is 0 Å². The molecule has 1 aromatic rings. The van der Waals surface area contributed by atoms with E-state index >= 15 is 0 Å². The summed E-state index contributed by atoms with van der Waals surface area (Å²) < 4.78 is 11.2. The summed E-state index contributed by atoms with van der Waals surface area (Å²) in [5.41, 5.74) is 7.04. The Balaban J connectivity index is 1.61. The summed E-state index contributed by atoms with van der Waals surface area (Å²) >= 11 is 0. The largest absolute Gasteiger partial charge is 0.489 e. The van der Waals surface area contributed by atoms with E-state index in [1.807, 2.05) is 38.1 Å². The molecule has 1 aliphatic heterocycles. The number of nitrogens with two attached hydrogens (primary N) is 1. The maximum atomic E-state index is 5.91. The number of nitrogens with one attached hydrogen (secondary N) is 1. The van der Waals surface area contributed by atoms with Crippen LogP contribution in [0.2, 0.25) is 0 Å². The highest BCUT2D eigenvalue weighted by atomic mass is 16.5. The van der Waals surface area contributed by atoms with Crippen LogP contribution in [0, 0.1) is 6.92 Å². The minimum atomic E-state index is -0.0141. The van der Waals surface area contributed by atoms with E-state index in [1.165, 1.54) is 0 Å². The van der Waals surface area contributed by atoms with Crippen LogP contribution in [0.1, 0.15) is 18.9 Å². The number of para-hydroxylation sites is 1. The molecule has 1 atom stereocenters. The molecular formula is C18H30N4O2. The zero-order valence-electron chi connectivity index (χ0n) is 14.8. The van der Waals surface area contributed by atoms with Crippen molar-refractivity contribution in [2.75, 3.05) is 45.9 Å². The van der Waals surface area contributed by atoms with Gasteiger partial charge in [0.25, 0.3) is 0 Å². The summed E-state index contributed by atoms with van der Waals surface area (Å²) in [6.45, 7) is 10.2. The van der Waals surface area contributed by atoms with E-state index in [9.17, 15) is 0 Å². The Morgan fingerprint density at radius 3 is 2.88 bits per heavy atom. The van der Waals surface area contributed by atoms with E-state index in [-0.39, 0.29) is 6.10 Å². The third-order valence-electron chi connectivity index (χ3n) is 4.00. The van der Waals surface area contributed by atoms with Crippen molar-refractivity contribution in [3.63, 3.8) is 0 Å². The summed E-state index contributed by atoms with van der Waals surface area (Å²) in [6, 6.07) is 7.99. The van der Waals surface area contributed by atoms with Crippen LogP contribution in [0.5, 0.6) is 5.75 Å². The number of hydrogen-bond acceptors (Lipinski definition) is 4. The van der Waals surface area contributed by atoms with Gasteiger partial charge < -0.3 is 20.5 Å². The number of guanidine groups is 1. The van der Waals surface area contributed by atoms with Crippen molar-refractivity contribution in [3.8, 4) is 5.75 Å². The molecule has 1 unspecified atom stereocenters. The van der Waals surface area contributed by atoms with Crippen molar-refractivity contribution in [3.05, 3.63) is 29.8 Å². The highest BCUT2D eigenvalue weighted by Crippen LogP contribution is 2.17. The minimum Gasteiger partial charge on any atom is -0.489 e. The molecule has 6 nitrogen and oxygen atoms in total. The zero-order chi connectivity index (χ0) is 17.2. The van der Waals surface area contributed by atoms with Crippen LogP contribution in [0.15, 0.2) is 29.3 Å². The first kappa shape index (κ1) is 18.5. The molecule has 0 aromatic heterocycles. The fourth-order valence-corrected chi connectivity index (χ4v) is 2.57. The standard InChI is InChI=1S/C18H30N4O2/c1-15-6-3-4-7-17(15)24-16(2)14-21-18(19)20-8-5-9-22-10-12-23-13-11-22/h3-4,6-7,16H,5,8-14H2,1-2H3,(H3,19,20,21). The lowest BCUT2D eigenvalue weighted by molar-refractivity contribution is 0.0376. The third-order valence-corrected chi connectivity index (χ3v) is 4.00. The molecular weight excluding hydrogens is 304 g/mol. The predicted molar refractivity (Wildman–Crippen MR) is 97.6 cm³/mol. The molecule has 2 rings (SSSR count). The van der Waals surface area contributed by atoms with Crippen LogP contribution in [0.25, 0.3) is 0 Å². The lowest BCUT2D eigenvalue weighted by atomic mass is 10.2. The molecule has 0 saturated carbocycles. The molecule has 24 heavy (non-hydrogen) atoms. The van der Waals surface area contributed by atoms with E-state index in [0.717, 1.165) is 57.1 Å². The normalized spacial score (nSPS) is 17.5. The summed E-state index contributed by atoms with van der Waals surface area (Å²) in [7, 11) is 0. The van der Waals surface area contributed by atoms with Crippen LogP contribution in [-0.2, 0) is 4.74 Å². The fourth-order valence-electron chi connectivity index (χ4n) is 2.57. The maximum absolute atomic E-state index is 5.91. The van der Waals surface area contributed by atoms with Gasteiger partial charge in [-0.3, -0.25) is 4.90 Å². The molecule has 0 radical (unpaired) electrons. The number of aliphatic imine (C=N–C) groups is 1. The predicted octanol–water partition coefficient (Wildman–Crippen LogP) is 1.39. The molecule has 1 aliphatic rings. The summed E-state index contributed by atoms with van der Waals surface area (Å²) in [5.74, 6) is 1.38. The molecule has 1 fully saturated rings. The fraction of sp³-hybridized carbons (Fsp3) is 0.611. The number of hydrogen-bond donors (Lipinski definition) is 2. The van der Waals surface area contributed by atoms with Gasteiger partial charge in [-0.1, -0.05) is 18.2 Å². The molecule has 6 heteroatoms. The van der Waals surface area contributed by atoms with E-state index in [4.69, 9.17) is 15.2 Å². The quantitative estimate of drug-likeness (QED) is 0.427. The van der Waals surface area contributed by atoms with E-state index in [1.54, 1.807) is 0 Å². The van der Waals surface area contributed by atoms with Gasteiger partial charge in [-0.25, -0.2) is 4.99 Å². The SMILES string of the molecule is Cc1ccccc1OC(C)CN=C(N)NCCCN1CCOCC1. The molecule has 0 amide bonds. The smallest absolute Gasteiger partial charge is 0.188 e. The first-order valence-electron chi connectivity index (χ1n) is 8.71. The minimum absolute atomic E-state index is 0.0141.